The van der Waals surface area contributed by atoms with Crippen LogP contribution in [0.4, 0.5) is 5.69 Å². The maximum atomic E-state index is 5.96. The number of halogens is 1. The minimum absolute atomic E-state index is 0.491. The van der Waals surface area contributed by atoms with Gasteiger partial charge in [-0.15, -0.1) is 0 Å². The summed E-state index contributed by atoms with van der Waals surface area (Å²) in [5, 5.41) is 0.727. The smallest absolute Gasteiger partial charge is 0.145 e. The van der Waals surface area contributed by atoms with Gasteiger partial charge >= 0.3 is 0 Å². The molecule has 0 radical (unpaired) electrons. The van der Waals surface area contributed by atoms with E-state index in [-0.39, 0.29) is 0 Å². The van der Waals surface area contributed by atoms with Crippen molar-refractivity contribution in [1.29, 1.82) is 0 Å². The molecule has 0 aliphatic carbocycles. The number of nitrogen functional groups attached to an aromatic ring is 1. The molecule has 2 N–H and O–H groups in total. The lowest BCUT2D eigenvalue weighted by Gasteiger charge is -2.12. The van der Waals surface area contributed by atoms with Crippen LogP contribution in [0.2, 0.25) is 5.02 Å². The number of benzene rings is 2. The summed E-state index contributed by atoms with van der Waals surface area (Å²) in [5.41, 5.74) is 9.91. The SMILES string of the molecule is Cc1cc(C)c(OCc2ccc(Cl)cc2)c(N)c1. The molecule has 3 heteroatoms. The number of hydrogen-bond acceptors (Lipinski definition) is 2. The Hall–Kier alpha value is -1.67. The molecule has 2 aromatic carbocycles. The second kappa shape index (κ2) is 5.32. The van der Waals surface area contributed by atoms with E-state index in [1.54, 1.807) is 0 Å². The molecule has 0 saturated carbocycles. The quantitative estimate of drug-likeness (QED) is 0.844. The Bertz CT molecular complexity index is 526. The van der Waals surface area contributed by atoms with Gasteiger partial charge in [-0.25, -0.2) is 0 Å². The first kappa shape index (κ1) is 12.8. The molecule has 94 valence electrons. The molecule has 0 amide bonds. The molecule has 0 atom stereocenters. The van der Waals surface area contributed by atoms with E-state index in [2.05, 4.69) is 6.07 Å². The van der Waals surface area contributed by atoms with Crippen LogP contribution in [-0.2, 0) is 6.61 Å². The summed E-state index contributed by atoms with van der Waals surface area (Å²) in [7, 11) is 0. The number of ether oxygens (including phenoxy) is 1. The highest BCUT2D eigenvalue weighted by atomic mass is 35.5. The fraction of sp³-hybridized carbons (Fsp3) is 0.200. The monoisotopic (exact) mass is 261 g/mol. The van der Waals surface area contributed by atoms with Crippen molar-refractivity contribution in [2.75, 3.05) is 5.73 Å². The van der Waals surface area contributed by atoms with Gasteiger partial charge in [0, 0.05) is 5.02 Å². The van der Waals surface area contributed by atoms with Gasteiger partial charge in [-0.3, -0.25) is 0 Å². The standard InChI is InChI=1S/C15H16ClNO/c1-10-7-11(2)15(14(17)8-10)18-9-12-3-5-13(16)6-4-12/h3-8H,9,17H2,1-2H3. The first-order chi connectivity index (χ1) is 8.56. The van der Waals surface area contributed by atoms with Gasteiger partial charge in [0.15, 0.2) is 0 Å². The van der Waals surface area contributed by atoms with Crippen LogP contribution in [0, 0.1) is 13.8 Å². The first-order valence-electron chi connectivity index (χ1n) is 5.80. The van der Waals surface area contributed by atoms with Crippen molar-refractivity contribution >= 4 is 17.3 Å². The van der Waals surface area contributed by atoms with Crippen molar-refractivity contribution in [3.8, 4) is 5.75 Å². The van der Waals surface area contributed by atoms with Crippen LogP contribution in [0.15, 0.2) is 36.4 Å². The Labute approximate surface area is 112 Å². The third-order valence-electron chi connectivity index (χ3n) is 2.74. The molecule has 0 aliphatic rings. The average molecular weight is 262 g/mol. The summed E-state index contributed by atoms with van der Waals surface area (Å²) in [4.78, 5) is 0. The Morgan fingerprint density at radius 1 is 1.11 bits per heavy atom. The zero-order chi connectivity index (χ0) is 13.1. The van der Waals surface area contributed by atoms with Crippen LogP contribution in [0.5, 0.6) is 5.75 Å². The molecular formula is C15H16ClNO. The Morgan fingerprint density at radius 2 is 1.78 bits per heavy atom. The lowest BCUT2D eigenvalue weighted by molar-refractivity contribution is 0.306. The topological polar surface area (TPSA) is 35.2 Å². The van der Waals surface area contributed by atoms with Crippen LogP contribution in [0.1, 0.15) is 16.7 Å². The molecule has 0 fully saturated rings. The second-order valence-corrected chi connectivity index (χ2v) is 4.85. The molecule has 2 aromatic rings. The molecule has 2 nitrogen and oxygen atoms in total. The minimum Gasteiger partial charge on any atom is -0.486 e. The third-order valence-corrected chi connectivity index (χ3v) is 3.00. The van der Waals surface area contributed by atoms with Crippen LogP contribution in [0.3, 0.4) is 0 Å². The first-order valence-corrected chi connectivity index (χ1v) is 6.18. The molecule has 0 unspecified atom stereocenters. The van der Waals surface area contributed by atoms with E-state index in [4.69, 9.17) is 22.1 Å². The van der Waals surface area contributed by atoms with Crippen LogP contribution < -0.4 is 10.5 Å². The summed E-state index contributed by atoms with van der Waals surface area (Å²) >= 11 is 5.84. The summed E-state index contributed by atoms with van der Waals surface area (Å²) in [6.45, 7) is 4.51. The van der Waals surface area contributed by atoms with E-state index in [9.17, 15) is 0 Å². The molecule has 18 heavy (non-hydrogen) atoms. The lowest BCUT2D eigenvalue weighted by atomic mass is 10.1. The van der Waals surface area contributed by atoms with Gasteiger partial charge in [0.2, 0.25) is 0 Å². The summed E-state index contributed by atoms with van der Waals surface area (Å²) < 4.78 is 5.78. The van der Waals surface area contributed by atoms with Gasteiger partial charge in [0.05, 0.1) is 5.69 Å². The maximum Gasteiger partial charge on any atom is 0.145 e. The van der Waals surface area contributed by atoms with Gasteiger partial charge in [-0.1, -0.05) is 29.8 Å². The number of hydrogen-bond donors (Lipinski definition) is 1. The molecule has 0 heterocycles. The molecular weight excluding hydrogens is 246 g/mol. The van der Waals surface area contributed by atoms with Crippen molar-refractivity contribution in [3.05, 3.63) is 58.1 Å². The number of rotatable bonds is 3. The molecule has 2 rings (SSSR count). The lowest BCUT2D eigenvalue weighted by Crippen LogP contribution is -2.01. The number of aryl methyl sites for hydroxylation is 2. The second-order valence-electron chi connectivity index (χ2n) is 4.42. The van der Waals surface area contributed by atoms with Gasteiger partial charge in [0.25, 0.3) is 0 Å². The average Bonchev–Trinajstić information content (AvgIpc) is 2.30. The van der Waals surface area contributed by atoms with Crippen LogP contribution >= 0.6 is 11.6 Å². The van der Waals surface area contributed by atoms with Crippen LogP contribution in [-0.4, -0.2) is 0 Å². The van der Waals surface area contributed by atoms with E-state index in [0.29, 0.717) is 12.3 Å². The molecule has 0 saturated heterocycles. The predicted octanol–water partition coefficient (Wildman–Crippen LogP) is 4.12. The van der Waals surface area contributed by atoms with E-state index in [1.165, 1.54) is 0 Å². The molecule has 0 spiro atoms. The summed E-state index contributed by atoms with van der Waals surface area (Å²) in [6, 6.07) is 11.6. The van der Waals surface area contributed by atoms with Crippen molar-refractivity contribution in [2.45, 2.75) is 20.5 Å². The highest BCUT2D eigenvalue weighted by Crippen LogP contribution is 2.28. The van der Waals surface area contributed by atoms with E-state index < -0.39 is 0 Å². The fourth-order valence-corrected chi connectivity index (χ4v) is 2.05. The molecule has 0 aromatic heterocycles. The van der Waals surface area contributed by atoms with Crippen molar-refractivity contribution < 1.29 is 4.74 Å². The minimum atomic E-state index is 0.491. The van der Waals surface area contributed by atoms with E-state index in [1.807, 2.05) is 44.2 Å². The van der Waals surface area contributed by atoms with E-state index >= 15 is 0 Å². The van der Waals surface area contributed by atoms with Crippen molar-refractivity contribution in [2.24, 2.45) is 0 Å². The Kier molecular flexibility index (Phi) is 3.78. The van der Waals surface area contributed by atoms with Gasteiger partial charge in [-0.2, -0.15) is 0 Å². The summed E-state index contributed by atoms with van der Waals surface area (Å²) in [6.07, 6.45) is 0. The zero-order valence-electron chi connectivity index (χ0n) is 10.5. The van der Waals surface area contributed by atoms with Crippen molar-refractivity contribution in [1.82, 2.24) is 0 Å². The Morgan fingerprint density at radius 3 is 2.39 bits per heavy atom. The molecule has 0 bridgehead atoms. The van der Waals surface area contributed by atoms with Gasteiger partial charge in [0.1, 0.15) is 12.4 Å². The van der Waals surface area contributed by atoms with E-state index in [0.717, 1.165) is 27.5 Å². The largest absolute Gasteiger partial charge is 0.486 e. The highest BCUT2D eigenvalue weighted by molar-refractivity contribution is 6.30. The zero-order valence-corrected chi connectivity index (χ0v) is 11.3. The Balaban J connectivity index is 2.13. The van der Waals surface area contributed by atoms with Gasteiger partial charge < -0.3 is 10.5 Å². The number of nitrogens with two attached hydrogens (primary N) is 1. The molecule has 0 aliphatic heterocycles. The highest BCUT2D eigenvalue weighted by Gasteiger charge is 2.06. The maximum absolute atomic E-state index is 5.96. The summed E-state index contributed by atoms with van der Waals surface area (Å²) in [5.74, 6) is 0.760. The third kappa shape index (κ3) is 2.96. The normalized spacial score (nSPS) is 10.4. The predicted molar refractivity (Wildman–Crippen MR) is 76.1 cm³/mol. The number of anilines is 1. The van der Waals surface area contributed by atoms with Gasteiger partial charge in [-0.05, 0) is 48.7 Å². The fourth-order valence-electron chi connectivity index (χ4n) is 1.92. The van der Waals surface area contributed by atoms with Crippen molar-refractivity contribution in [3.63, 3.8) is 0 Å². The van der Waals surface area contributed by atoms with Crippen LogP contribution in [0.25, 0.3) is 0 Å².